The molecule has 2 aromatic carbocycles. The van der Waals surface area contributed by atoms with Crippen LogP contribution < -0.4 is 10.3 Å². The van der Waals surface area contributed by atoms with Gasteiger partial charge in [0.05, 0.1) is 11.4 Å². The summed E-state index contributed by atoms with van der Waals surface area (Å²) in [6.07, 6.45) is 2.09. The fraction of sp³-hybridized carbons (Fsp3) is 0. The van der Waals surface area contributed by atoms with E-state index in [-0.39, 0.29) is 0 Å². The summed E-state index contributed by atoms with van der Waals surface area (Å²) in [5.74, 6) is 0.849. The van der Waals surface area contributed by atoms with Gasteiger partial charge in [-0.05, 0) is 24.3 Å². The molecule has 3 heteroatoms. The molecule has 1 aliphatic rings. The molecule has 0 bridgehead atoms. The maximum atomic E-state index is 5.55. The van der Waals surface area contributed by atoms with Crippen molar-refractivity contribution in [2.45, 2.75) is 0 Å². The van der Waals surface area contributed by atoms with Crippen LogP contribution in [-0.4, -0.2) is 4.98 Å². The summed E-state index contributed by atoms with van der Waals surface area (Å²) in [7, 11) is 0. The first-order chi connectivity index (χ1) is 9.40. The third-order valence-corrected chi connectivity index (χ3v) is 3.31. The van der Waals surface area contributed by atoms with E-state index in [1.54, 1.807) is 0 Å². The lowest BCUT2D eigenvalue weighted by Gasteiger charge is -2.17. The highest BCUT2D eigenvalue weighted by Gasteiger charge is 2.13. The molecule has 0 spiro atoms. The van der Waals surface area contributed by atoms with Crippen LogP contribution in [0.25, 0.3) is 22.7 Å². The van der Waals surface area contributed by atoms with E-state index in [1.807, 2.05) is 36.4 Å². The van der Waals surface area contributed by atoms with Crippen molar-refractivity contribution in [1.29, 1.82) is 0 Å². The number of aromatic amines is 1. The van der Waals surface area contributed by atoms with E-state index in [9.17, 15) is 0 Å². The Morgan fingerprint density at radius 2 is 1.74 bits per heavy atom. The lowest BCUT2D eigenvalue weighted by Crippen LogP contribution is -2.20. The topological polar surface area (TPSA) is 37.0 Å². The zero-order chi connectivity index (χ0) is 12.7. The van der Waals surface area contributed by atoms with Gasteiger partial charge in [0.25, 0.3) is 0 Å². The highest BCUT2D eigenvalue weighted by Crippen LogP contribution is 2.28. The molecule has 19 heavy (non-hydrogen) atoms. The number of nitrogens with one attached hydrogen (secondary N) is 2. The lowest BCUT2D eigenvalue weighted by molar-refractivity contribution is 0.249. The van der Waals surface area contributed by atoms with Crippen LogP contribution in [0.1, 0.15) is 11.3 Å². The minimum atomic E-state index is 0.849. The van der Waals surface area contributed by atoms with Crippen molar-refractivity contribution in [3.8, 4) is 5.75 Å². The van der Waals surface area contributed by atoms with Gasteiger partial charge in [0.15, 0.2) is 5.75 Å². The predicted octanol–water partition coefficient (Wildman–Crippen LogP) is 3.56. The first-order valence-electron chi connectivity index (χ1n) is 6.22. The van der Waals surface area contributed by atoms with Crippen molar-refractivity contribution < 1.29 is 4.84 Å². The standard InChI is InChI=1S/C16H12N2O/c1-3-7-13-11(5-1)9-14(17-13)15-10-12-6-2-4-8-16(12)19-18-15/h1-10,17-18H. The molecule has 0 saturated carbocycles. The van der Waals surface area contributed by atoms with Crippen molar-refractivity contribution >= 4 is 22.7 Å². The molecule has 0 atom stereocenters. The summed E-state index contributed by atoms with van der Waals surface area (Å²) < 4.78 is 0. The van der Waals surface area contributed by atoms with Gasteiger partial charge >= 0.3 is 0 Å². The van der Waals surface area contributed by atoms with Crippen molar-refractivity contribution in [3.63, 3.8) is 0 Å². The highest BCUT2D eigenvalue weighted by atomic mass is 16.6. The second-order valence-corrected chi connectivity index (χ2v) is 4.57. The summed E-state index contributed by atoms with van der Waals surface area (Å²) in [4.78, 5) is 8.93. The summed E-state index contributed by atoms with van der Waals surface area (Å²) in [5.41, 5.74) is 7.15. The van der Waals surface area contributed by atoms with E-state index < -0.39 is 0 Å². The molecular weight excluding hydrogens is 236 g/mol. The maximum Gasteiger partial charge on any atom is 0.162 e. The minimum Gasteiger partial charge on any atom is -0.381 e. The predicted molar refractivity (Wildman–Crippen MR) is 76.4 cm³/mol. The van der Waals surface area contributed by atoms with Crippen molar-refractivity contribution in [3.05, 3.63) is 65.9 Å². The number of fused-ring (bicyclic) bond motifs is 2. The first-order valence-corrected chi connectivity index (χ1v) is 6.22. The molecule has 3 aromatic rings. The second-order valence-electron chi connectivity index (χ2n) is 4.57. The molecule has 1 aliphatic heterocycles. The number of benzene rings is 2. The summed E-state index contributed by atoms with van der Waals surface area (Å²) in [6.45, 7) is 0. The smallest absolute Gasteiger partial charge is 0.162 e. The maximum absolute atomic E-state index is 5.55. The zero-order valence-electron chi connectivity index (χ0n) is 10.2. The third-order valence-electron chi connectivity index (χ3n) is 3.31. The van der Waals surface area contributed by atoms with Crippen LogP contribution in [0.15, 0.2) is 54.6 Å². The number of aromatic nitrogens is 1. The Balaban J connectivity index is 1.83. The van der Waals surface area contributed by atoms with E-state index in [0.29, 0.717) is 0 Å². The Bertz CT molecular complexity index is 753. The van der Waals surface area contributed by atoms with E-state index in [1.165, 1.54) is 5.39 Å². The largest absolute Gasteiger partial charge is 0.381 e. The molecule has 92 valence electrons. The van der Waals surface area contributed by atoms with Gasteiger partial charge in [-0.1, -0.05) is 36.4 Å². The van der Waals surface area contributed by atoms with Crippen molar-refractivity contribution in [2.24, 2.45) is 0 Å². The molecule has 0 aliphatic carbocycles. The first kappa shape index (κ1) is 10.3. The van der Waals surface area contributed by atoms with E-state index in [4.69, 9.17) is 4.84 Å². The molecule has 2 heterocycles. The summed E-state index contributed by atoms with van der Waals surface area (Å²) in [5, 5.41) is 1.19. The van der Waals surface area contributed by atoms with Crippen LogP contribution in [0.5, 0.6) is 5.75 Å². The van der Waals surface area contributed by atoms with Crippen LogP contribution in [0.3, 0.4) is 0 Å². The second kappa shape index (κ2) is 3.92. The van der Waals surface area contributed by atoms with Crippen LogP contribution in [0.4, 0.5) is 0 Å². The summed E-state index contributed by atoms with van der Waals surface area (Å²) in [6, 6.07) is 18.3. The fourth-order valence-electron chi connectivity index (χ4n) is 2.34. The van der Waals surface area contributed by atoms with Gasteiger partial charge in [0.2, 0.25) is 0 Å². The third kappa shape index (κ3) is 1.67. The average molecular weight is 248 g/mol. The van der Waals surface area contributed by atoms with Gasteiger partial charge in [-0.2, -0.15) is 0 Å². The number of H-pyrrole nitrogens is 1. The Kier molecular flexibility index (Phi) is 2.12. The quantitative estimate of drug-likeness (QED) is 0.691. The Hall–Kier alpha value is -2.68. The van der Waals surface area contributed by atoms with Gasteiger partial charge in [-0.3, -0.25) is 0 Å². The number of rotatable bonds is 1. The van der Waals surface area contributed by atoms with Gasteiger partial charge in [-0.25, -0.2) is 5.48 Å². The zero-order valence-corrected chi connectivity index (χ0v) is 10.2. The number of hydroxylamine groups is 1. The van der Waals surface area contributed by atoms with Crippen molar-refractivity contribution in [1.82, 2.24) is 10.5 Å². The molecule has 0 amide bonds. The van der Waals surface area contributed by atoms with Gasteiger partial charge < -0.3 is 9.82 Å². The molecule has 0 unspecified atom stereocenters. The molecule has 0 fully saturated rings. The van der Waals surface area contributed by atoms with Crippen molar-refractivity contribution in [2.75, 3.05) is 0 Å². The molecule has 0 saturated heterocycles. The van der Waals surface area contributed by atoms with Crippen LogP contribution >= 0.6 is 0 Å². The van der Waals surface area contributed by atoms with Crippen LogP contribution in [0.2, 0.25) is 0 Å². The van der Waals surface area contributed by atoms with E-state index in [0.717, 1.165) is 28.2 Å². The Labute approximate surface area is 110 Å². The van der Waals surface area contributed by atoms with Gasteiger partial charge in [-0.15, -0.1) is 0 Å². The average Bonchev–Trinajstić information content (AvgIpc) is 2.90. The SMILES string of the molecule is C1=C(c2cc3ccccc3[nH]2)NOc2ccccc21. The van der Waals surface area contributed by atoms with Gasteiger partial charge in [0, 0.05) is 16.5 Å². The number of hydrogen-bond donors (Lipinski definition) is 2. The summed E-state index contributed by atoms with van der Waals surface area (Å²) >= 11 is 0. The Morgan fingerprint density at radius 1 is 0.895 bits per heavy atom. The fourth-order valence-corrected chi connectivity index (χ4v) is 2.34. The molecule has 1 aromatic heterocycles. The van der Waals surface area contributed by atoms with Gasteiger partial charge in [0.1, 0.15) is 0 Å². The monoisotopic (exact) mass is 248 g/mol. The normalized spacial score (nSPS) is 13.4. The Morgan fingerprint density at radius 3 is 2.68 bits per heavy atom. The molecule has 3 nitrogen and oxygen atoms in total. The van der Waals surface area contributed by atoms with Crippen LogP contribution in [-0.2, 0) is 0 Å². The minimum absolute atomic E-state index is 0.849. The molecular formula is C16H12N2O. The number of para-hydroxylation sites is 2. The molecule has 2 N–H and O–H groups in total. The lowest BCUT2D eigenvalue weighted by atomic mass is 10.1. The molecule has 0 radical (unpaired) electrons. The number of hydrogen-bond acceptors (Lipinski definition) is 2. The van der Waals surface area contributed by atoms with E-state index in [2.05, 4.69) is 34.7 Å². The molecule has 4 rings (SSSR count). The van der Waals surface area contributed by atoms with Crippen LogP contribution in [0, 0.1) is 0 Å². The van der Waals surface area contributed by atoms with E-state index >= 15 is 0 Å². The highest BCUT2D eigenvalue weighted by molar-refractivity contribution is 5.89.